The average Bonchev–Trinajstić information content (AvgIpc) is 2.56. The van der Waals surface area contributed by atoms with Crippen LogP contribution in [0.2, 0.25) is 0 Å². The zero-order valence-electron chi connectivity index (χ0n) is 13.1. The van der Waals surface area contributed by atoms with Gasteiger partial charge in [-0.2, -0.15) is 24.9 Å². The third-order valence-electron chi connectivity index (χ3n) is 3.22. The number of halogens is 4. The van der Waals surface area contributed by atoms with Crippen LogP contribution < -0.4 is 10.6 Å². The highest BCUT2D eigenvalue weighted by molar-refractivity contribution is 7.98. The van der Waals surface area contributed by atoms with Crippen LogP contribution in [-0.4, -0.2) is 17.4 Å². The fraction of sp³-hybridized carbons (Fsp3) is 0.235. The largest absolute Gasteiger partial charge is 0.416 e. The summed E-state index contributed by atoms with van der Waals surface area (Å²) in [6, 6.07) is 11.2. The van der Waals surface area contributed by atoms with Gasteiger partial charge in [0.25, 0.3) is 0 Å². The molecule has 2 N–H and O–H groups in total. The maximum atomic E-state index is 13.4. The van der Waals surface area contributed by atoms with Crippen molar-refractivity contribution in [2.45, 2.75) is 11.9 Å². The summed E-state index contributed by atoms with van der Waals surface area (Å²) in [5.41, 5.74) is 0.420. The van der Waals surface area contributed by atoms with Crippen LogP contribution in [0.1, 0.15) is 11.1 Å². The summed E-state index contributed by atoms with van der Waals surface area (Å²) in [4.78, 5) is 0. The van der Waals surface area contributed by atoms with Crippen LogP contribution in [0, 0.1) is 5.82 Å². The van der Waals surface area contributed by atoms with Gasteiger partial charge < -0.3 is 10.6 Å². The van der Waals surface area contributed by atoms with Gasteiger partial charge in [-0.15, -0.1) is 0 Å². The van der Waals surface area contributed by atoms with Gasteiger partial charge in [0.05, 0.1) is 5.56 Å². The van der Waals surface area contributed by atoms with E-state index in [0.29, 0.717) is 34.4 Å². The van der Waals surface area contributed by atoms with Crippen LogP contribution >= 0.6 is 24.0 Å². The number of rotatable bonds is 6. The molecular weight excluding hydrogens is 372 g/mol. The van der Waals surface area contributed by atoms with Gasteiger partial charge in [0, 0.05) is 23.7 Å². The van der Waals surface area contributed by atoms with Crippen molar-refractivity contribution in [1.82, 2.24) is 5.32 Å². The molecule has 0 bridgehead atoms. The lowest BCUT2D eigenvalue weighted by Gasteiger charge is -2.12. The molecule has 8 heteroatoms. The molecule has 0 aliphatic carbocycles. The molecule has 25 heavy (non-hydrogen) atoms. The molecule has 0 aromatic heterocycles. The molecule has 0 saturated carbocycles. The summed E-state index contributed by atoms with van der Waals surface area (Å²) < 4.78 is 50.9. The molecule has 0 spiro atoms. The minimum absolute atomic E-state index is 0.220. The first-order chi connectivity index (χ1) is 11.9. The van der Waals surface area contributed by atoms with E-state index in [-0.39, 0.29) is 5.82 Å². The van der Waals surface area contributed by atoms with Gasteiger partial charge in [-0.25, -0.2) is 4.39 Å². The number of benzene rings is 2. The van der Waals surface area contributed by atoms with Crippen molar-refractivity contribution in [2.24, 2.45) is 0 Å². The van der Waals surface area contributed by atoms with Crippen molar-refractivity contribution in [3.8, 4) is 0 Å². The van der Waals surface area contributed by atoms with E-state index < -0.39 is 11.7 Å². The second-order valence-corrected chi connectivity index (χ2v) is 6.61. The van der Waals surface area contributed by atoms with E-state index in [1.54, 1.807) is 30.0 Å². The predicted molar refractivity (Wildman–Crippen MR) is 98.2 cm³/mol. The molecule has 2 rings (SSSR count). The first-order valence-electron chi connectivity index (χ1n) is 7.39. The molecule has 0 radical (unpaired) electrons. The summed E-state index contributed by atoms with van der Waals surface area (Å²) in [6.45, 7) is 0.561. The number of nitrogens with one attached hydrogen (secondary N) is 2. The minimum atomic E-state index is -4.35. The Morgan fingerprint density at radius 1 is 1.04 bits per heavy atom. The summed E-state index contributed by atoms with van der Waals surface area (Å²) in [5.74, 6) is 1.05. The number of alkyl halides is 3. The average molecular weight is 388 g/mol. The van der Waals surface area contributed by atoms with Crippen molar-refractivity contribution < 1.29 is 17.6 Å². The summed E-state index contributed by atoms with van der Waals surface area (Å²) in [6.07, 6.45) is -4.35. The highest BCUT2D eigenvalue weighted by Gasteiger charge is 2.29. The molecule has 0 atom stereocenters. The van der Waals surface area contributed by atoms with E-state index in [0.717, 1.165) is 12.1 Å². The molecule has 0 heterocycles. The number of hydrogen-bond donors (Lipinski definition) is 2. The second kappa shape index (κ2) is 9.05. The van der Waals surface area contributed by atoms with Crippen LogP contribution in [0.4, 0.5) is 23.2 Å². The number of anilines is 1. The molecule has 2 aromatic carbocycles. The smallest absolute Gasteiger partial charge is 0.362 e. The molecule has 0 aliphatic rings. The lowest BCUT2D eigenvalue weighted by atomic mass is 10.2. The van der Waals surface area contributed by atoms with Crippen molar-refractivity contribution in [3.05, 3.63) is 65.5 Å². The van der Waals surface area contributed by atoms with Gasteiger partial charge in [-0.05, 0) is 48.1 Å². The predicted octanol–water partition coefficient (Wildman–Crippen LogP) is 5.06. The lowest BCUT2D eigenvalue weighted by Crippen LogP contribution is -2.30. The van der Waals surface area contributed by atoms with Crippen LogP contribution in [0.5, 0.6) is 0 Å². The molecule has 0 fully saturated rings. The Morgan fingerprint density at radius 2 is 1.72 bits per heavy atom. The third kappa shape index (κ3) is 6.55. The zero-order valence-corrected chi connectivity index (χ0v) is 14.7. The molecule has 0 unspecified atom stereocenters. The quantitative estimate of drug-likeness (QED) is 0.410. The van der Waals surface area contributed by atoms with Crippen LogP contribution in [0.25, 0.3) is 0 Å². The molecular formula is C17H16F4N2S2. The highest BCUT2D eigenvalue weighted by Crippen LogP contribution is 2.29. The molecule has 0 amide bonds. The fourth-order valence-corrected chi connectivity index (χ4v) is 3.02. The number of thiocarbonyl (C=S) groups is 1. The first-order valence-corrected chi connectivity index (χ1v) is 8.96. The van der Waals surface area contributed by atoms with E-state index in [1.807, 2.05) is 0 Å². The van der Waals surface area contributed by atoms with E-state index in [1.165, 1.54) is 18.2 Å². The Morgan fingerprint density at radius 3 is 2.36 bits per heavy atom. The number of hydrogen-bond acceptors (Lipinski definition) is 2. The Kier molecular flexibility index (Phi) is 7.07. The van der Waals surface area contributed by atoms with Gasteiger partial charge in [0.1, 0.15) is 5.82 Å². The maximum absolute atomic E-state index is 13.4. The van der Waals surface area contributed by atoms with Gasteiger partial charge in [0.2, 0.25) is 0 Å². The Labute approximate surface area is 153 Å². The van der Waals surface area contributed by atoms with Crippen LogP contribution in [0.15, 0.2) is 48.5 Å². The third-order valence-corrected chi connectivity index (χ3v) is 4.47. The summed E-state index contributed by atoms with van der Waals surface area (Å²) in [7, 11) is 0. The normalized spacial score (nSPS) is 11.2. The molecule has 0 aliphatic heterocycles. The van der Waals surface area contributed by atoms with E-state index in [9.17, 15) is 17.6 Å². The van der Waals surface area contributed by atoms with Gasteiger partial charge in [0.15, 0.2) is 5.11 Å². The van der Waals surface area contributed by atoms with E-state index in [2.05, 4.69) is 10.6 Å². The molecule has 134 valence electrons. The zero-order chi connectivity index (χ0) is 18.3. The van der Waals surface area contributed by atoms with Gasteiger partial charge in [-0.3, -0.25) is 0 Å². The number of thioether (sulfide) groups is 1. The first kappa shape index (κ1) is 19.5. The standard InChI is InChI=1S/C17H16F4N2S2/c18-15-4-2-1-3-12(15)11-25-10-9-22-16(24)23-14-7-5-13(6-8-14)17(19,20)21/h1-8H,9-11H2,(H2,22,23,24). The molecule has 0 saturated heterocycles. The van der Waals surface area contributed by atoms with Crippen molar-refractivity contribution in [2.75, 3.05) is 17.6 Å². The van der Waals surface area contributed by atoms with Crippen LogP contribution in [-0.2, 0) is 11.9 Å². The highest BCUT2D eigenvalue weighted by atomic mass is 32.2. The van der Waals surface area contributed by atoms with Crippen molar-refractivity contribution in [3.63, 3.8) is 0 Å². The molecule has 2 nitrogen and oxygen atoms in total. The Hall–Kier alpha value is -1.80. The fourth-order valence-electron chi connectivity index (χ4n) is 1.95. The van der Waals surface area contributed by atoms with Crippen LogP contribution in [0.3, 0.4) is 0 Å². The topological polar surface area (TPSA) is 24.1 Å². The minimum Gasteiger partial charge on any atom is -0.362 e. The van der Waals surface area contributed by atoms with Crippen molar-refractivity contribution >= 4 is 34.8 Å². The Bertz CT molecular complexity index is 703. The SMILES string of the molecule is Fc1ccccc1CSCCNC(=S)Nc1ccc(C(F)(F)F)cc1. The lowest BCUT2D eigenvalue weighted by molar-refractivity contribution is -0.137. The van der Waals surface area contributed by atoms with E-state index >= 15 is 0 Å². The summed E-state index contributed by atoms with van der Waals surface area (Å²) >= 11 is 6.65. The Balaban J connectivity index is 1.68. The summed E-state index contributed by atoms with van der Waals surface area (Å²) in [5, 5.41) is 6.11. The van der Waals surface area contributed by atoms with E-state index in [4.69, 9.17) is 12.2 Å². The second-order valence-electron chi connectivity index (χ2n) is 5.10. The van der Waals surface area contributed by atoms with Gasteiger partial charge >= 0.3 is 6.18 Å². The van der Waals surface area contributed by atoms with Crippen molar-refractivity contribution in [1.29, 1.82) is 0 Å². The van der Waals surface area contributed by atoms with Gasteiger partial charge in [-0.1, -0.05) is 18.2 Å². The maximum Gasteiger partial charge on any atom is 0.416 e. The monoisotopic (exact) mass is 388 g/mol. The molecule has 2 aromatic rings.